The normalized spacial score (nSPS) is 12.5. The average Bonchev–Trinajstić information content (AvgIpc) is 2.51. The zero-order valence-corrected chi connectivity index (χ0v) is 10.1. The third kappa shape index (κ3) is 2.97. The Morgan fingerprint density at radius 3 is 2.92 bits per heavy atom. The van der Waals surface area contributed by atoms with Crippen LogP contribution >= 0.6 is 38.9 Å². The molecular weight excluding hydrogens is 276 g/mol. The molecule has 1 heterocycles. The Morgan fingerprint density at radius 1 is 1.77 bits per heavy atom. The number of rotatable bonds is 3. The number of carbonyl (C=O) groups is 1. The quantitative estimate of drug-likeness (QED) is 0.628. The van der Waals surface area contributed by atoms with Gasteiger partial charge in [-0.05, 0) is 35.0 Å². The summed E-state index contributed by atoms with van der Waals surface area (Å²) in [6.07, 6.45) is 0. The molecule has 0 aliphatic carbocycles. The summed E-state index contributed by atoms with van der Waals surface area (Å²) in [5.41, 5.74) is 0. The molecule has 0 saturated carbocycles. The molecule has 0 saturated heterocycles. The maximum atomic E-state index is 11.2. The number of esters is 1. The van der Waals surface area contributed by atoms with Gasteiger partial charge in [-0.15, -0.1) is 22.9 Å². The second-order valence-corrected chi connectivity index (χ2v) is 5.19. The molecule has 0 fully saturated rings. The number of hydrogen-bond donors (Lipinski definition) is 0. The van der Waals surface area contributed by atoms with Gasteiger partial charge in [0.25, 0.3) is 0 Å². The van der Waals surface area contributed by atoms with E-state index in [1.807, 2.05) is 12.1 Å². The van der Waals surface area contributed by atoms with Gasteiger partial charge in [0, 0.05) is 4.88 Å². The molecular formula is C8H8BrClO2S. The Balaban J connectivity index is 2.67. The van der Waals surface area contributed by atoms with E-state index in [4.69, 9.17) is 16.3 Å². The van der Waals surface area contributed by atoms with Crippen LogP contribution < -0.4 is 0 Å². The Hall–Kier alpha value is -0.0600. The maximum Gasteiger partial charge on any atom is 0.329 e. The fraction of sp³-hybridized carbons (Fsp3) is 0.375. The summed E-state index contributed by atoms with van der Waals surface area (Å²) in [5, 5.41) is -0.684. The van der Waals surface area contributed by atoms with E-state index in [9.17, 15) is 4.79 Å². The minimum absolute atomic E-state index is 0.356. The molecule has 1 rings (SSSR count). The fourth-order valence-electron chi connectivity index (χ4n) is 0.796. The highest BCUT2D eigenvalue weighted by atomic mass is 79.9. The van der Waals surface area contributed by atoms with Gasteiger partial charge in [0.15, 0.2) is 5.38 Å². The Kier molecular flexibility index (Phi) is 4.22. The third-order valence-corrected chi connectivity index (χ3v) is 3.57. The van der Waals surface area contributed by atoms with Crippen LogP contribution in [0.1, 0.15) is 17.2 Å². The van der Waals surface area contributed by atoms with Gasteiger partial charge in [0.05, 0.1) is 10.4 Å². The van der Waals surface area contributed by atoms with Gasteiger partial charge < -0.3 is 4.74 Å². The molecule has 5 heteroatoms. The molecule has 2 nitrogen and oxygen atoms in total. The summed E-state index contributed by atoms with van der Waals surface area (Å²) < 4.78 is 5.74. The highest BCUT2D eigenvalue weighted by Crippen LogP contribution is 2.31. The highest BCUT2D eigenvalue weighted by molar-refractivity contribution is 9.11. The number of alkyl halides is 1. The topological polar surface area (TPSA) is 26.3 Å². The minimum atomic E-state index is -0.684. The van der Waals surface area contributed by atoms with Crippen molar-refractivity contribution in [3.63, 3.8) is 0 Å². The molecule has 1 atom stereocenters. The van der Waals surface area contributed by atoms with E-state index in [2.05, 4.69) is 15.9 Å². The van der Waals surface area contributed by atoms with Crippen LogP contribution in [0.4, 0.5) is 0 Å². The summed E-state index contributed by atoms with van der Waals surface area (Å²) in [5.74, 6) is -0.390. The van der Waals surface area contributed by atoms with Crippen LogP contribution in [0.25, 0.3) is 0 Å². The second kappa shape index (κ2) is 4.98. The summed E-state index contributed by atoms with van der Waals surface area (Å²) in [6.45, 7) is 2.11. The fourth-order valence-corrected chi connectivity index (χ4v) is 2.46. The number of ether oxygens (including phenoxy) is 1. The predicted molar refractivity (Wildman–Crippen MR) is 57.2 cm³/mol. The number of halogens is 2. The molecule has 0 N–H and O–H groups in total. The lowest BCUT2D eigenvalue weighted by Crippen LogP contribution is -2.09. The molecule has 0 aliphatic rings. The molecule has 0 aliphatic heterocycles. The van der Waals surface area contributed by atoms with Crippen molar-refractivity contribution in [3.05, 3.63) is 20.8 Å². The molecule has 13 heavy (non-hydrogen) atoms. The van der Waals surface area contributed by atoms with E-state index >= 15 is 0 Å². The Bertz CT molecular complexity index is 300. The molecule has 72 valence electrons. The van der Waals surface area contributed by atoms with Crippen molar-refractivity contribution in [2.45, 2.75) is 12.3 Å². The first-order valence-corrected chi connectivity index (χ1v) is 5.75. The number of carbonyl (C=O) groups excluding carboxylic acids is 1. The SMILES string of the molecule is CCOC(=O)C(Cl)c1ccc(Br)s1. The number of thiophene rings is 1. The van der Waals surface area contributed by atoms with Crippen molar-refractivity contribution < 1.29 is 9.53 Å². The molecule has 0 radical (unpaired) electrons. The molecule has 1 aromatic rings. The summed E-state index contributed by atoms with van der Waals surface area (Å²) in [7, 11) is 0. The maximum absolute atomic E-state index is 11.2. The Morgan fingerprint density at radius 2 is 2.46 bits per heavy atom. The van der Waals surface area contributed by atoms with Crippen molar-refractivity contribution in [3.8, 4) is 0 Å². The lowest BCUT2D eigenvalue weighted by atomic mass is 10.3. The van der Waals surface area contributed by atoms with Gasteiger partial charge in [-0.3, -0.25) is 4.79 Å². The molecule has 0 amide bonds. The van der Waals surface area contributed by atoms with Gasteiger partial charge >= 0.3 is 5.97 Å². The van der Waals surface area contributed by atoms with E-state index in [1.54, 1.807) is 6.92 Å². The van der Waals surface area contributed by atoms with E-state index < -0.39 is 11.3 Å². The van der Waals surface area contributed by atoms with Gasteiger partial charge in [-0.25, -0.2) is 0 Å². The first-order valence-electron chi connectivity index (χ1n) is 3.71. The average molecular weight is 284 g/mol. The minimum Gasteiger partial charge on any atom is -0.465 e. The monoisotopic (exact) mass is 282 g/mol. The highest BCUT2D eigenvalue weighted by Gasteiger charge is 2.20. The van der Waals surface area contributed by atoms with E-state index in [1.165, 1.54) is 11.3 Å². The van der Waals surface area contributed by atoms with E-state index in [0.29, 0.717) is 6.61 Å². The third-order valence-electron chi connectivity index (χ3n) is 1.34. The smallest absolute Gasteiger partial charge is 0.329 e. The van der Waals surface area contributed by atoms with Crippen LogP contribution in [0.2, 0.25) is 0 Å². The van der Waals surface area contributed by atoms with Crippen molar-refractivity contribution in [2.24, 2.45) is 0 Å². The molecule has 0 aromatic carbocycles. The molecule has 0 bridgehead atoms. The lowest BCUT2D eigenvalue weighted by Gasteiger charge is -2.05. The van der Waals surface area contributed by atoms with Gasteiger partial charge in [-0.1, -0.05) is 0 Å². The van der Waals surface area contributed by atoms with E-state index in [0.717, 1.165) is 8.66 Å². The van der Waals surface area contributed by atoms with Crippen molar-refractivity contribution in [2.75, 3.05) is 6.61 Å². The zero-order valence-electron chi connectivity index (χ0n) is 6.92. The van der Waals surface area contributed by atoms with Gasteiger partial charge in [-0.2, -0.15) is 0 Å². The summed E-state index contributed by atoms with van der Waals surface area (Å²) >= 11 is 10.6. The second-order valence-electron chi connectivity index (χ2n) is 2.26. The lowest BCUT2D eigenvalue weighted by molar-refractivity contribution is -0.142. The van der Waals surface area contributed by atoms with Crippen molar-refractivity contribution >= 4 is 44.8 Å². The van der Waals surface area contributed by atoms with Crippen LogP contribution in [0.3, 0.4) is 0 Å². The van der Waals surface area contributed by atoms with Gasteiger partial charge in [0.2, 0.25) is 0 Å². The number of hydrogen-bond acceptors (Lipinski definition) is 3. The van der Waals surface area contributed by atoms with Crippen LogP contribution in [-0.4, -0.2) is 12.6 Å². The van der Waals surface area contributed by atoms with Crippen molar-refractivity contribution in [1.82, 2.24) is 0 Å². The van der Waals surface area contributed by atoms with Crippen LogP contribution in [-0.2, 0) is 9.53 Å². The standard InChI is InChI=1S/C8H8BrClO2S/c1-2-12-8(11)7(10)5-3-4-6(9)13-5/h3-4,7H,2H2,1H3. The first kappa shape index (κ1) is 11.0. The van der Waals surface area contributed by atoms with Crippen LogP contribution in [0.15, 0.2) is 15.9 Å². The summed E-state index contributed by atoms with van der Waals surface area (Å²) in [4.78, 5) is 12.0. The van der Waals surface area contributed by atoms with Crippen molar-refractivity contribution in [1.29, 1.82) is 0 Å². The van der Waals surface area contributed by atoms with E-state index in [-0.39, 0.29) is 0 Å². The van der Waals surface area contributed by atoms with Gasteiger partial charge in [0.1, 0.15) is 0 Å². The largest absolute Gasteiger partial charge is 0.465 e. The molecule has 1 unspecified atom stereocenters. The van der Waals surface area contributed by atoms with Crippen LogP contribution in [0.5, 0.6) is 0 Å². The Labute approximate surface area is 94.0 Å². The predicted octanol–water partition coefficient (Wildman–Crippen LogP) is 3.35. The first-order chi connectivity index (χ1) is 6.15. The van der Waals surface area contributed by atoms with Crippen LogP contribution in [0, 0.1) is 0 Å². The molecule has 1 aromatic heterocycles. The zero-order chi connectivity index (χ0) is 9.84. The summed E-state index contributed by atoms with van der Waals surface area (Å²) in [6, 6.07) is 3.66. The molecule has 0 spiro atoms.